The maximum atomic E-state index is 12.9. The maximum absolute atomic E-state index is 12.9. The molecule has 0 fully saturated rings. The Kier molecular flexibility index (Phi) is 5.97. The third-order valence-corrected chi connectivity index (χ3v) is 6.03. The molecule has 28 heavy (non-hydrogen) atoms. The molecule has 1 amide bonds. The van der Waals surface area contributed by atoms with Gasteiger partial charge in [0.25, 0.3) is 5.91 Å². The number of amides is 1. The van der Waals surface area contributed by atoms with Gasteiger partial charge in [0.2, 0.25) is 0 Å². The van der Waals surface area contributed by atoms with Gasteiger partial charge < -0.3 is 14.8 Å². The fourth-order valence-electron chi connectivity index (χ4n) is 3.81. The molecule has 2 aromatic rings. The SMILES string of the molecule is CCC1(CC)C[C@H](NC(=O)[C@@H](C)Oc2cccc(C)c2C)c2ccccc2O1. The van der Waals surface area contributed by atoms with Gasteiger partial charge in [0.15, 0.2) is 6.10 Å². The Hall–Kier alpha value is -2.49. The van der Waals surface area contributed by atoms with Crippen LogP contribution in [0.5, 0.6) is 11.5 Å². The Morgan fingerprint density at radius 3 is 2.61 bits per heavy atom. The van der Waals surface area contributed by atoms with Crippen molar-refractivity contribution >= 4 is 5.91 Å². The Bertz CT molecular complexity index is 841. The number of benzene rings is 2. The van der Waals surface area contributed by atoms with Crippen LogP contribution in [0.3, 0.4) is 0 Å². The molecule has 0 bridgehead atoms. The van der Waals surface area contributed by atoms with Crippen molar-refractivity contribution in [2.75, 3.05) is 0 Å². The first-order valence-electron chi connectivity index (χ1n) is 10.2. The number of aryl methyl sites for hydroxylation is 1. The van der Waals surface area contributed by atoms with Crippen LogP contribution in [0.25, 0.3) is 0 Å². The summed E-state index contributed by atoms with van der Waals surface area (Å²) in [5.74, 6) is 1.51. The summed E-state index contributed by atoms with van der Waals surface area (Å²) in [6.07, 6.45) is 1.99. The van der Waals surface area contributed by atoms with E-state index in [-0.39, 0.29) is 17.6 Å². The minimum absolute atomic E-state index is 0.0815. The zero-order chi connectivity index (χ0) is 20.3. The average molecular weight is 382 g/mol. The Labute approximate surface area is 168 Å². The van der Waals surface area contributed by atoms with Crippen molar-refractivity contribution in [1.82, 2.24) is 5.32 Å². The molecule has 4 nitrogen and oxygen atoms in total. The molecule has 0 radical (unpaired) electrons. The van der Waals surface area contributed by atoms with Gasteiger partial charge in [-0.3, -0.25) is 4.79 Å². The van der Waals surface area contributed by atoms with E-state index in [1.54, 1.807) is 6.92 Å². The largest absolute Gasteiger partial charge is 0.487 e. The Morgan fingerprint density at radius 2 is 1.89 bits per heavy atom. The van der Waals surface area contributed by atoms with E-state index in [4.69, 9.17) is 9.47 Å². The molecule has 150 valence electrons. The Balaban J connectivity index is 1.77. The van der Waals surface area contributed by atoms with E-state index in [2.05, 4.69) is 19.2 Å². The monoisotopic (exact) mass is 381 g/mol. The summed E-state index contributed by atoms with van der Waals surface area (Å²) in [6, 6.07) is 13.8. The summed E-state index contributed by atoms with van der Waals surface area (Å²) in [5.41, 5.74) is 3.00. The van der Waals surface area contributed by atoms with Gasteiger partial charge in [-0.2, -0.15) is 0 Å². The molecule has 2 aromatic carbocycles. The lowest BCUT2D eigenvalue weighted by molar-refractivity contribution is -0.128. The number of rotatable bonds is 6. The van der Waals surface area contributed by atoms with Crippen LogP contribution >= 0.6 is 0 Å². The molecule has 0 unspecified atom stereocenters. The fourth-order valence-corrected chi connectivity index (χ4v) is 3.81. The van der Waals surface area contributed by atoms with E-state index in [0.29, 0.717) is 0 Å². The first kappa shape index (κ1) is 20.2. The van der Waals surface area contributed by atoms with Gasteiger partial charge in [0.1, 0.15) is 17.1 Å². The summed E-state index contributed by atoms with van der Waals surface area (Å²) >= 11 is 0. The van der Waals surface area contributed by atoms with Gasteiger partial charge in [-0.15, -0.1) is 0 Å². The van der Waals surface area contributed by atoms with E-state index in [9.17, 15) is 4.79 Å². The molecular weight excluding hydrogens is 350 g/mol. The predicted molar refractivity (Wildman–Crippen MR) is 112 cm³/mol. The van der Waals surface area contributed by atoms with Crippen molar-refractivity contribution in [3.05, 3.63) is 59.2 Å². The smallest absolute Gasteiger partial charge is 0.261 e. The van der Waals surface area contributed by atoms with Crippen LogP contribution in [-0.4, -0.2) is 17.6 Å². The molecule has 1 heterocycles. The lowest BCUT2D eigenvalue weighted by Gasteiger charge is -2.41. The van der Waals surface area contributed by atoms with Crippen LogP contribution in [-0.2, 0) is 4.79 Å². The van der Waals surface area contributed by atoms with Crippen molar-refractivity contribution in [3.63, 3.8) is 0 Å². The minimum Gasteiger partial charge on any atom is -0.487 e. The number of carbonyl (C=O) groups is 1. The lowest BCUT2D eigenvalue weighted by Crippen LogP contribution is -2.47. The number of ether oxygens (including phenoxy) is 2. The zero-order valence-electron chi connectivity index (χ0n) is 17.5. The normalized spacial score (nSPS) is 18.5. The van der Waals surface area contributed by atoms with Crippen LogP contribution in [0.4, 0.5) is 0 Å². The van der Waals surface area contributed by atoms with E-state index >= 15 is 0 Å². The molecule has 1 N–H and O–H groups in total. The molecule has 0 saturated heterocycles. The summed E-state index contributed by atoms with van der Waals surface area (Å²) in [4.78, 5) is 12.9. The fraction of sp³-hybridized carbons (Fsp3) is 0.458. The van der Waals surface area contributed by atoms with Crippen molar-refractivity contribution < 1.29 is 14.3 Å². The quantitative estimate of drug-likeness (QED) is 0.741. The van der Waals surface area contributed by atoms with Gasteiger partial charge >= 0.3 is 0 Å². The minimum atomic E-state index is -0.576. The van der Waals surface area contributed by atoms with Crippen LogP contribution in [0.15, 0.2) is 42.5 Å². The summed E-state index contributed by atoms with van der Waals surface area (Å²) < 4.78 is 12.3. The second-order valence-corrected chi connectivity index (χ2v) is 7.75. The number of nitrogens with one attached hydrogen (secondary N) is 1. The van der Waals surface area contributed by atoms with Crippen LogP contribution in [0.1, 0.15) is 62.8 Å². The number of fused-ring (bicyclic) bond motifs is 1. The summed E-state index contributed by atoms with van der Waals surface area (Å²) in [7, 11) is 0. The molecule has 0 spiro atoms. The highest BCUT2D eigenvalue weighted by molar-refractivity contribution is 5.81. The topological polar surface area (TPSA) is 47.6 Å². The van der Waals surface area contributed by atoms with Gasteiger partial charge in [0.05, 0.1) is 6.04 Å². The van der Waals surface area contributed by atoms with E-state index in [1.165, 1.54) is 0 Å². The molecule has 0 aliphatic carbocycles. The molecule has 4 heteroatoms. The highest BCUT2D eigenvalue weighted by Gasteiger charge is 2.39. The molecule has 0 saturated carbocycles. The third kappa shape index (κ3) is 4.01. The molecule has 2 atom stereocenters. The number of hydrogen-bond donors (Lipinski definition) is 1. The second-order valence-electron chi connectivity index (χ2n) is 7.75. The first-order chi connectivity index (χ1) is 13.4. The Morgan fingerprint density at radius 1 is 1.18 bits per heavy atom. The number of para-hydroxylation sites is 1. The van der Waals surface area contributed by atoms with E-state index in [0.717, 1.165) is 47.5 Å². The highest BCUT2D eigenvalue weighted by atomic mass is 16.5. The van der Waals surface area contributed by atoms with Crippen molar-refractivity contribution in [2.24, 2.45) is 0 Å². The van der Waals surface area contributed by atoms with Gasteiger partial charge in [-0.05, 0) is 56.9 Å². The highest BCUT2D eigenvalue weighted by Crippen LogP contribution is 2.42. The molecule has 0 aromatic heterocycles. The molecular formula is C24H31NO3. The van der Waals surface area contributed by atoms with Crippen LogP contribution in [0, 0.1) is 13.8 Å². The van der Waals surface area contributed by atoms with Crippen molar-refractivity contribution in [2.45, 2.75) is 71.6 Å². The first-order valence-corrected chi connectivity index (χ1v) is 10.2. The maximum Gasteiger partial charge on any atom is 0.261 e. The standard InChI is InChI=1S/C24H31NO3/c1-6-24(7-2)15-20(19-12-8-9-13-22(19)28-24)25-23(26)18(5)27-21-14-10-11-16(3)17(21)4/h8-14,18,20H,6-7,15H2,1-5H3,(H,25,26)/t18-,20+/m1/s1. The number of hydrogen-bond acceptors (Lipinski definition) is 3. The van der Waals surface area contributed by atoms with Gasteiger partial charge in [-0.1, -0.05) is 44.2 Å². The van der Waals surface area contributed by atoms with Gasteiger partial charge in [-0.25, -0.2) is 0 Å². The third-order valence-electron chi connectivity index (χ3n) is 6.03. The predicted octanol–water partition coefficient (Wildman–Crippen LogP) is 5.27. The van der Waals surface area contributed by atoms with Gasteiger partial charge in [0, 0.05) is 12.0 Å². The van der Waals surface area contributed by atoms with Crippen LogP contribution < -0.4 is 14.8 Å². The molecule has 1 aliphatic rings. The zero-order valence-corrected chi connectivity index (χ0v) is 17.5. The summed E-state index contributed by atoms with van der Waals surface area (Å²) in [6.45, 7) is 10.1. The molecule has 1 aliphatic heterocycles. The average Bonchev–Trinajstić information content (AvgIpc) is 2.71. The second kappa shape index (κ2) is 8.26. The molecule has 3 rings (SSSR count). The van der Waals surface area contributed by atoms with Crippen LogP contribution in [0.2, 0.25) is 0 Å². The van der Waals surface area contributed by atoms with Crippen molar-refractivity contribution in [1.29, 1.82) is 0 Å². The number of carbonyl (C=O) groups excluding carboxylic acids is 1. The summed E-state index contributed by atoms with van der Waals surface area (Å²) in [5, 5.41) is 3.21. The lowest BCUT2D eigenvalue weighted by atomic mass is 9.83. The van der Waals surface area contributed by atoms with Crippen molar-refractivity contribution in [3.8, 4) is 11.5 Å². The van der Waals surface area contributed by atoms with E-state index in [1.807, 2.05) is 56.3 Å². The van der Waals surface area contributed by atoms with E-state index < -0.39 is 6.10 Å².